The van der Waals surface area contributed by atoms with Crippen molar-refractivity contribution in [2.24, 2.45) is 11.8 Å². The molecule has 5 nitrogen and oxygen atoms in total. The van der Waals surface area contributed by atoms with E-state index in [2.05, 4.69) is 16.0 Å². The smallest absolute Gasteiger partial charge is 0.315 e. The first-order valence-corrected chi connectivity index (χ1v) is 8.63. The Hall–Kier alpha value is -2.11. The Balaban J connectivity index is 1.36. The molecular formula is C18H24FN3O2. The molecular weight excluding hydrogens is 309 g/mol. The van der Waals surface area contributed by atoms with Crippen molar-refractivity contribution in [1.82, 2.24) is 16.0 Å². The Morgan fingerprint density at radius 3 is 2.33 bits per heavy atom. The highest BCUT2D eigenvalue weighted by Gasteiger charge is 2.42. The molecule has 0 atom stereocenters. The minimum Gasteiger partial charge on any atom is -0.350 e. The molecule has 24 heavy (non-hydrogen) atoms. The van der Waals surface area contributed by atoms with E-state index in [1.807, 2.05) is 0 Å². The minimum absolute atomic E-state index is 0.172. The fraction of sp³-hybridized carbons (Fsp3) is 0.556. The van der Waals surface area contributed by atoms with Gasteiger partial charge in [0.25, 0.3) is 5.91 Å². The molecule has 1 aromatic rings. The molecule has 0 unspecified atom stereocenters. The van der Waals surface area contributed by atoms with Crippen molar-refractivity contribution < 1.29 is 14.0 Å². The summed E-state index contributed by atoms with van der Waals surface area (Å²) in [5.74, 6) is 0.565. The number of urea groups is 1. The first-order valence-electron chi connectivity index (χ1n) is 8.63. The maximum absolute atomic E-state index is 13.5. The molecule has 3 rings (SSSR count). The third-order valence-electron chi connectivity index (χ3n) is 4.69. The van der Waals surface area contributed by atoms with E-state index in [0.717, 1.165) is 0 Å². The van der Waals surface area contributed by atoms with E-state index in [0.29, 0.717) is 36.5 Å². The first-order chi connectivity index (χ1) is 11.5. The van der Waals surface area contributed by atoms with Gasteiger partial charge >= 0.3 is 6.03 Å². The number of carbonyl (C=O) groups excluding carboxylic acids is 2. The van der Waals surface area contributed by atoms with Crippen LogP contribution in [0.3, 0.4) is 0 Å². The molecule has 0 spiro atoms. The van der Waals surface area contributed by atoms with Gasteiger partial charge in [-0.05, 0) is 62.1 Å². The Kier molecular flexibility index (Phi) is 5.02. The number of aryl methyl sites for hydroxylation is 1. The zero-order valence-electron chi connectivity index (χ0n) is 13.9. The highest BCUT2D eigenvalue weighted by Crippen LogP contribution is 2.44. The Morgan fingerprint density at radius 2 is 1.75 bits per heavy atom. The van der Waals surface area contributed by atoms with Crippen LogP contribution < -0.4 is 16.0 Å². The molecule has 2 saturated carbocycles. The lowest BCUT2D eigenvalue weighted by Crippen LogP contribution is -2.46. The monoisotopic (exact) mass is 333 g/mol. The maximum atomic E-state index is 13.5. The van der Waals surface area contributed by atoms with E-state index < -0.39 is 5.82 Å². The molecule has 2 aliphatic carbocycles. The van der Waals surface area contributed by atoms with Crippen LogP contribution in [0.5, 0.6) is 0 Å². The largest absolute Gasteiger partial charge is 0.350 e. The van der Waals surface area contributed by atoms with Gasteiger partial charge in [0.2, 0.25) is 0 Å². The molecule has 2 aliphatic rings. The fourth-order valence-electron chi connectivity index (χ4n) is 2.92. The second kappa shape index (κ2) is 7.20. The molecule has 0 aromatic heterocycles. The summed E-state index contributed by atoms with van der Waals surface area (Å²) < 4.78 is 13.5. The SMILES string of the molecule is Cc1ccc(C(=O)NCCNC(=O)NC(C2CC2)C2CC2)cc1F. The van der Waals surface area contributed by atoms with Gasteiger partial charge in [-0.25, -0.2) is 9.18 Å². The second-order valence-corrected chi connectivity index (χ2v) is 6.82. The number of nitrogens with one attached hydrogen (secondary N) is 3. The maximum Gasteiger partial charge on any atom is 0.315 e. The third kappa shape index (κ3) is 4.46. The quantitative estimate of drug-likeness (QED) is 0.670. The molecule has 0 saturated heterocycles. The van der Waals surface area contributed by atoms with Gasteiger partial charge in [0.1, 0.15) is 5.82 Å². The van der Waals surface area contributed by atoms with Gasteiger partial charge in [-0.15, -0.1) is 0 Å². The lowest BCUT2D eigenvalue weighted by molar-refractivity contribution is 0.0953. The van der Waals surface area contributed by atoms with E-state index in [-0.39, 0.29) is 17.5 Å². The highest BCUT2D eigenvalue weighted by molar-refractivity contribution is 5.94. The molecule has 0 radical (unpaired) electrons. The molecule has 3 N–H and O–H groups in total. The number of carbonyl (C=O) groups is 2. The van der Waals surface area contributed by atoms with Crippen LogP contribution in [0, 0.1) is 24.6 Å². The van der Waals surface area contributed by atoms with E-state index >= 15 is 0 Å². The summed E-state index contributed by atoms with van der Waals surface area (Å²) in [5.41, 5.74) is 0.788. The Labute approximate surface area is 141 Å². The van der Waals surface area contributed by atoms with Crippen molar-refractivity contribution in [2.45, 2.75) is 38.6 Å². The predicted octanol–water partition coefficient (Wildman–Crippen LogP) is 2.35. The van der Waals surface area contributed by atoms with Crippen LogP contribution in [0.15, 0.2) is 18.2 Å². The van der Waals surface area contributed by atoms with Gasteiger partial charge in [-0.3, -0.25) is 4.79 Å². The van der Waals surface area contributed by atoms with E-state index in [1.165, 1.54) is 31.7 Å². The number of rotatable bonds is 7. The number of hydrogen-bond donors (Lipinski definition) is 3. The van der Waals surface area contributed by atoms with Crippen molar-refractivity contribution in [3.63, 3.8) is 0 Å². The fourth-order valence-corrected chi connectivity index (χ4v) is 2.92. The zero-order chi connectivity index (χ0) is 17.1. The molecule has 0 aliphatic heterocycles. The standard InChI is InChI=1S/C18H24FN3O2/c1-11-2-3-14(10-15(11)19)17(23)20-8-9-21-18(24)22-16(12-4-5-12)13-6-7-13/h2-3,10,12-13,16H,4-9H2,1H3,(H,20,23)(H2,21,22,24). The summed E-state index contributed by atoms with van der Waals surface area (Å²) in [5, 5.41) is 8.51. The number of hydrogen-bond acceptors (Lipinski definition) is 2. The number of halogens is 1. The van der Waals surface area contributed by atoms with E-state index in [4.69, 9.17) is 0 Å². The molecule has 130 valence electrons. The van der Waals surface area contributed by atoms with Crippen molar-refractivity contribution in [2.75, 3.05) is 13.1 Å². The van der Waals surface area contributed by atoms with Crippen molar-refractivity contribution in [1.29, 1.82) is 0 Å². The molecule has 0 bridgehead atoms. The second-order valence-electron chi connectivity index (χ2n) is 6.82. The van der Waals surface area contributed by atoms with Crippen molar-refractivity contribution >= 4 is 11.9 Å². The van der Waals surface area contributed by atoms with Crippen LogP contribution in [-0.4, -0.2) is 31.1 Å². The summed E-state index contributed by atoms with van der Waals surface area (Å²) in [6.07, 6.45) is 4.85. The van der Waals surface area contributed by atoms with Gasteiger partial charge in [-0.2, -0.15) is 0 Å². The number of amides is 3. The first kappa shape index (κ1) is 16.7. The minimum atomic E-state index is -0.397. The summed E-state index contributed by atoms with van der Waals surface area (Å²) in [6, 6.07) is 4.53. The summed E-state index contributed by atoms with van der Waals surface area (Å²) in [6.45, 7) is 2.29. The van der Waals surface area contributed by atoms with Crippen LogP contribution in [-0.2, 0) is 0 Å². The van der Waals surface area contributed by atoms with Crippen molar-refractivity contribution in [3.05, 3.63) is 35.1 Å². The molecule has 6 heteroatoms. The van der Waals surface area contributed by atoms with Gasteiger partial charge < -0.3 is 16.0 Å². The van der Waals surface area contributed by atoms with Crippen LogP contribution in [0.2, 0.25) is 0 Å². The van der Waals surface area contributed by atoms with Gasteiger partial charge in [-0.1, -0.05) is 6.07 Å². The third-order valence-corrected chi connectivity index (χ3v) is 4.69. The van der Waals surface area contributed by atoms with E-state index in [9.17, 15) is 14.0 Å². The van der Waals surface area contributed by atoms with Gasteiger partial charge in [0.05, 0.1) is 0 Å². The zero-order valence-corrected chi connectivity index (χ0v) is 13.9. The average molecular weight is 333 g/mol. The van der Waals surface area contributed by atoms with Crippen molar-refractivity contribution in [3.8, 4) is 0 Å². The Bertz CT molecular complexity index is 615. The Morgan fingerprint density at radius 1 is 1.12 bits per heavy atom. The lowest BCUT2D eigenvalue weighted by Gasteiger charge is -2.18. The van der Waals surface area contributed by atoms with Crippen LogP contribution in [0.25, 0.3) is 0 Å². The van der Waals surface area contributed by atoms with Gasteiger partial charge in [0, 0.05) is 24.7 Å². The van der Waals surface area contributed by atoms with Crippen LogP contribution in [0.4, 0.5) is 9.18 Å². The van der Waals surface area contributed by atoms with Crippen LogP contribution in [0.1, 0.15) is 41.6 Å². The molecule has 3 amide bonds. The summed E-state index contributed by atoms with van der Waals surface area (Å²) in [4.78, 5) is 23.8. The molecule has 1 aromatic carbocycles. The van der Waals surface area contributed by atoms with Crippen LogP contribution >= 0.6 is 0 Å². The predicted molar refractivity (Wildman–Crippen MR) is 89.2 cm³/mol. The summed E-state index contributed by atoms with van der Waals surface area (Å²) in [7, 11) is 0. The van der Waals surface area contributed by atoms with Gasteiger partial charge in [0.15, 0.2) is 0 Å². The summed E-state index contributed by atoms with van der Waals surface area (Å²) >= 11 is 0. The average Bonchev–Trinajstić information content (AvgIpc) is 3.45. The molecule has 2 fully saturated rings. The number of benzene rings is 1. The topological polar surface area (TPSA) is 70.2 Å². The normalized spacial score (nSPS) is 16.8. The highest BCUT2D eigenvalue weighted by atomic mass is 19.1. The van der Waals surface area contributed by atoms with E-state index in [1.54, 1.807) is 19.1 Å². The molecule has 0 heterocycles. The lowest BCUT2D eigenvalue weighted by atomic mass is 10.1.